The maximum absolute atomic E-state index is 13.2. The van der Waals surface area contributed by atoms with Crippen LogP contribution in [0.15, 0.2) is 47.6 Å². The van der Waals surface area contributed by atoms with Gasteiger partial charge in [0.25, 0.3) is 5.91 Å². The van der Waals surface area contributed by atoms with Gasteiger partial charge >= 0.3 is 10.4 Å². The number of nitrogen functional groups attached to an aromatic ring is 1. The van der Waals surface area contributed by atoms with Crippen molar-refractivity contribution in [2.75, 3.05) is 25.5 Å². The monoisotopic (exact) mass is 623 g/mol. The van der Waals surface area contributed by atoms with E-state index in [1.165, 1.54) is 19.2 Å². The fraction of sp³-hybridized carbons (Fsp3) is 0.417. The number of pyridine rings is 1. The molecule has 0 aliphatic carbocycles. The number of hydrogen-bond donors (Lipinski definition) is 3. The van der Waals surface area contributed by atoms with Gasteiger partial charge in [0.15, 0.2) is 23.2 Å². The largest absolute Gasteiger partial charge is 0.488 e. The number of rotatable bonds is 15. The van der Waals surface area contributed by atoms with Crippen LogP contribution in [0.3, 0.4) is 0 Å². The van der Waals surface area contributed by atoms with E-state index in [1.807, 2.05) is 27.9 Å². The van der Waals surface area contributed by atoms with Crippen LogP contribution in [0, 0.1) is 5.92 Å². The Morgan fingerprint density at radius 2 is 2.10 bits per heavy atom. The second-order valence-electron chi connectivity index (χ2n) is 9.71. The molecule has 1 aliphatic heterocycles. The quantitative estimate of drug-likeness (QED) is 0.0519. The van der Waals surface area contributed by atoms with Crippen LogP contribution in [0.1, 0.15) is 32.4 Å². The first-order valence-corrected chi connectivity index (χ1v) is 15.0. The number of aryl methyl sites for hydroxylation is 1. The summed E-state index contributed by atoms with van der Waals surface area (Å²) in [5.41, 5.74) is 10.1. The minimum atomic E-state index is -4.92. The van der Waals surface area contributed by atoms with Gasteiger partial charge in [-0.2, -0.15) is 18.0 Å². The van der Waals surface area contributed by atoms with Crippen LogP contribution < -0.4 is 20.8 Å². The summed E-state index contributed by atoms with van der Waals surface area (Å²) in [6.45, 7) is 4.47. The van der Waals surface area contributed by atoms with E-state index in [0.29, 0.717) is 23.2 Å². The molecule has 0 aromatic carbocycles. The maximum Gasteiger partial charge on any atom is 0.418 e. The van der Waals surface area contributed by atoms with E-state index >= 15 is 0 Å². The number of Topliss-reactive ketones (excluding diaryl/α,β-unsaturated/α-hetero) is 1. The molecule has 0 saturated carbocycles. The highest BCUT2D eigenvalue weighted by Crippen LogP contribution is 2.40. The summed E-state index contributed by atoms with van der Waals surface area (Å²) in [5.74, 6) is -1.12. The molecule has 16 nitrogen and oxygen atoms in total. The number of β-lactam (4-membered cyclic amide) rings is 1. The van der Waals surface area contributed by atoms with Gasteiger partial charge in [0.05, 0.1) is 24.2 Å². The van der Waals surface area contributed by atoms with Gasteiger partial charge in [0, 0.05) is 17.9 Å². The number of amides is 1. The molecule has 0 radical (unpaired) electrons. The first-order valence-electron chi connectivity index (χ1n) is 12.7. The molecule has 4 rings (SSSR count). The van der Waals surface area contributed by atoms with Crippen LogP contribution in [-0.2, 0) is 35.7 Å². The summed E-state index contributed by atoms with van der Waals surface area (Å²) < 4.78 is 44.9. The summed E-state index contributed by atoms with van der Waals surface area (Å²) in [6, 6.07) is 3.56. The van der Waals surface area contributed by atoms with Gasteiger partial charge in [-0.1, -0.05) is 5.16 Å². The van der Waals surface area contributed by atoms with Gasteiger partial charge in [-0.15, -0.1) is 15.6 Å². The number of anilines is 1. The molecule has 1 fully saturated rings. The van der Waals surface area contributed by atoms with E-state index < -0.39 is 33.5 Å². The molecule has 18 heteroatoms. The molecule has 1 amide bonds. The lowest BCUT2D eigenvalue weighted by Gasteiger charge is -2.50. The van der Waals surface area contributed by atoms with Crippen molar-refractivity contribution in [2.45, 2.75) is 38.8 Å². The highest BCUT2D eigenvalue weighted by atomic mass is 32.3. The molecule has 3 aromatic rings. The predicted octanol–water partition coefficient (Wildman–Crippen LogP) is 0.278. The Morgan fingerprint density at radius 1 is 1.31 bits per heavy atom. The van der Waals surface area contributed by atoms with E-state index in [0.717, 1.165) is 24.3 Å². The number of ether oxygens (including phenoxy) is 1. The predicted molar refractivity (Wildman–Crippen MR) is 149 cm³/mol. The highest BCUT2D eigenvalue weighted by Gasteiger charge is 2.57. The lowest BCUT2D eigenvalue weighted by atomic mass is 9.74. The van der Waals surface area contributed by atoms with E-state index in [9.17, 15) is 18.0 Å². The van der Waals surface area contributed by atoms with Crippen molar-refractivity contribution in [2.24, 2.45) is 16.8 Å². The van der Waals surface area contributed by atoms with Gasteiger partial charge in [0.2, 0.25) is 12.1 Å². The molecule has 5 N–H and O–H groups in total. The zero-order valence-corrected chi connectivity index (χ0v) is 24.5. The topological polar surface area (TPSA) is 218 Å². The van der Waals surface area contributed by atoms with Crippen molar-refractivity contribution in [3.63, 3.8) is 0 Å². The van der Waals surface area contributed by atoms with Crippen molar-refractivity contribution < 1.29 is 41.0 Å². The zero-order valence-electron chi connectivity index (χ0n) is 22.8. The van der Waals surface area contributed by atoms with Gasteiger partial charge < -0.3 is 21.0 Å². The van der Waals surface area contributed by atoms with Crippen LogP contribution in [0.4, 0.5) is 5.13 Å². The lowest BCUT2D eigenvalue weighted by molar-refractivity contribution is -0.696. The number of carbonyl (C=O) groups is 2. The third kappa shape index (κ3) is 7.45. The molecule has 1 atom stereocenters. The van der Waals surface area contributed by atoms with Crippen LogP contribution in [0.5, 0.6) is 5.75 Å². The second-order valence-corrected chi connectivity index (χ2v) is 11.6. The Balaban J connectivity index is 1.33. The molecule has 1 saturated heterocycles. The van der Waals surface area contributed by atoms with Crippen molar-refractivity contribution >= 4 is 44.3 Å². The van der Waals surface area contributed by atoms with E-state index in [2.05, 4.69) is 19.4 Å². The Bertz CT molecular complexity index is 1550. The van der Waals surface area contributed by atoms with E-state index in [-0.39, 0.29) is 36.2 Å². The smallest absolute Gasteiger partial charge is 0.418 e. The fourth-order valence-electron chi connectivity index (χ4n) is 4.14. The molecule has 42 heavy (non-hydrogen) atoms. The van der Waals surface area contributed by atoms with Gasteiger partial charge in [-0.25, -0.2) is 14.5 Å². The third-order valence-corrected chi connectivity index (χ3v) is 7.37. The normalized spacial score (nSPS) is 16.8. The number of carbonyl (C=O) groups excluding carboxylic acids is 2. The fourth-order valence-corrected chi connectivity index (χ4v) is 5.14. The average Bonchev–Trinajstić information content (AvgIpc) is 3.60. The summed E-state index contributed by atoms with van der Waals surface area (Å²) in [5, 5.41) is 6.15. The number of nitrogens with two attached hydrogens (primary N) is 2. The van der Waals surface area contributed by atoms with Crippen molar-refractivity contribution in [3.8, 4) is 11.6 Å². The Kier molecular flexibility index (Phi) is 9.52. The van der Waals surface area contributed by atoms with Crippen LogP contribution in [0.25, 0.3) is 5.82 Å². The minimum Gasteiger partial charge on any atom is -0.488 e. The summed E-state index contributed by atoms with van der Waals surface area (Å²) in [6.07, 6.45) is 7.86. The van der Waals surface area contributed by atoms with Crippen LogP contribution in [0.2, 0.25) is 0 Å². The molecule has 226 valence electrons. The zero-order chi connectivity index (χ0) is 30.5. The molecule has 0 bridgehead atoms. The molecule has 0 unspecified atom stereocenters. The molecular formula is C24H31N8O8S2+. The number of thiazole rings is 1. The molecule has 3 aromatic heterocycles. The molecule has 0 spiro atoms. The third-order valence-electron chi connectivity index (χ3n) is 6.36. The number of hydrogen-bond acceptors (Lipinski definition) is 13. The number of ketones is 1. The van der Waals surface area contributed by atoms with Crippen molar-refractivity contribution in [1.82, 2.24) is 19.6 Å². The Morgan fingerprint density at radius 3 is 2.71 bits per heavy atom. The number of oxime groups is 1. The first kappa shape index (κ1) is 31.0. The van der Waals surface area contributed by atoms with Crippen LogP contribution >= 0.6 is 11.3 Å². The van der Waals surface area contributed by atoms with Gasteiger partial charge in [0.1, 0.15) is 30.4 Å². The standard InChI is InChI=1S/C24H30N8O8S2/c1-24(2)17(22(34)32(24)40-42(35,36)37)12-19(33)21(18-14-41-23(26)28-18)29-39-11-10-38-16-4-5-20(27-13-16)31-9-8-30(15-31)7-3-6-25/h4-5,8-9,13-15,17H,3,6-7,10-12,25H2,1-2H3,(H2-,26,28,35,36,37)/p+1/b29-21-/t17-/m1/s1. The molecule has 4 heterocycles. The summed E-state index contributed by atoms with van der Waals surface area (Å²) in [7, 11) is -4.92. The summed E-state index contributed by atoms with van der Waals surface area (Å²) >= 11 is 1.09. The van der Waals surface area contributed by atoms with E-state index in [1.54, 1.807) is 18.3 Å². The number of aromatic nitrogens is 4. The Labute approximate surface area is 245 Å². The van der Waals surface area contributed by atoms with Gasteiger partial charge in [-0.05, 0) is 32.9 Å². The van der Waals surface area contributed by atoms with Crippen molar-refractivity contribution in [3.05, 3.63) is 48.1 Å². The lowest BCUT2D eigenvalue weighted by Crippen LogP contribution is -2.68. The minimum absolute atomic E-state index is 0.0271. The SMILES string of the molecule is CC1(C)[C@H](CC(=O)/C(=N\OCCOc2ccc(-n3cc[n+](CCCN)c3)nc2)c2csc(N)n2)C(=O)N1OS(=O)(=O)O. The maximum atomic E-state index is 13.2. The molecule has 1 aliphatic rings. The summed E-state index contributed by atoms with van der Waals surface area (Å²) in [4.78, 5) is 39.4. The average molecular weight is 624 g/mol. The first-order chi connectivity index (χ1) is 19.9. The number of hydroxylamine groups is 2. The van der Waals surface area contributed by atoms with Crippen molar-refractivity contribution in [1.29, 1.82) is 0 Å². The molecular weight excluding hydrogens is 592 g/mol. The van der Waals surface area contributed by atoms with Gasteiger partial charge in [-0.3, -0.25) is 14.1 Å². The van der Waals surface area contributed by atoms with Crippen LogP contribution in [-0.4, -0.2) is 75.3 Å². The highest BCUT2D eigenvalue weighted by molar-refractivity contribution is 7.80. The van der Waals surface area contributed by atoms with E-state index in [4.69, 9.17) is 25.6 Å². The second kappa shape index (κ2) is 12.9. The number of imidazole rings is 1. The number of nitrogens with zero attached hydrogens (tertiary/aromatic N) is 6. The Hall–Kier alpha value is -3.97.